The molecule has 26 heavy (non-hydrogen) atoms. The van der Waals surface area contributed by atoms with Crippen LogP contribution in [-0.4, -0.2) is 26.3 Å². The smallest absolute Gasteiger partial charge is 0.196 e. The molecule has 1 heterocycles. The van der Waals surface area contributed by atoms with Crippen LogP contribution in [0.1, 0.15) is 38.4 Å². The molecule has 0 saturated carbocycles. The summed E-state index contributed by atoms with van der Waals surface area (Å²) in [6, 6.07) is 12.1. The molecule has 2 aromatic carbocycles. The van der Waals surface area contributed by atoms with E-state index in [1.807, 2.05) is 55.7 Å². The number of thioether (sulfide) groups is 1. The zero-order valence-corrected chi connectivity index (χ0v) is 16.6. The lowest BCUT2D eigenvalue weighted by Crippen LogP contribution is -2.10. The Morgan fingerprint density at radius 3 is 2.19 bits per heavy atom. The van der Waals surface area contributed by atoms with Gasteiger partial charge in [0, 0.05) is 11.3 Å². The summed E-state index contributed by atoms with van der Waals surface area (Å²) in [7, 11) is 0. The topological polar surface area (TPSA) is 47.8 Å². The van der Waals surface area contributed by atoms with Gasteiger partial charge >= 0.3 is 0 Å². The van der Waals surface area contributed by atoms with Crippen molar-refractivity contribution in [3.05, 3.63) is 70.0 Å². The van der Waals surface area contributed by atoms with Gasteiger partial charge in [-0.05, 0) is 69.0 Å². The summed E-state index contributed by atoms with van der Waals surface area (Å²) in [5, 5.41) is 9.19. The molecule has 0 aliphatic heterocycles. The van der Waals surface area contributed by atoms with E-state index in [1.165, 1.54) is 11.8 Å². The fourth-order valence-electron chi connectivity index (χ4n) is 3.15. The molecule has 1 aromatic heterocycles. The van der Waals surface area contributed by atoms with Crippen LogP contribution in [0.15, 0.2) is 41.6 Å². The third kappa shape index (κ3) is 3.44. The highest BCUT2D eigenvalue weighted by Gasteiger charge is 2.18. The van der Waals surface area contributed by atoms with Gasteiger partial charge in [0.25, 0.3) is 0 Å². The van der Waals surface area contributed by atoms with Crippen LogP contribution in [-0.2, 0) is 0 Å². The van der Waals surface area contributed by atoms with Crippen LogP contribution in [0.4, 0.5) is 0 Å². The molecule has 0 spiro atoms. The van der Waals surface area contributed by atoms with Gasteiger partial charge in [-0.15, -0.1) is 10.2 Å². The summed E-state index contributed by atoms with van der Waals surface area (Å²) >= 11 is 1.43. The molecule has 5 heteroatoms. The predicted molar refractivity (Wildman–Crippen MR) is 107 cm³/mol. The Bertz CT molecular complexity index is 935. The van der Waals surface area contributed by atoms with Crippen molar-refractivity contribution < 1.29 is 4.79 Å². The van der Waals surface area contributed by atoms with E-state index in [1.54, 1.807) is 0 Å². The number of hydrogen-bond acceptors (Lipinski definition) is 4. The summed E-state index contributed by atoms with van der Waals surface area (Å²) in [6.45, 7) is 10.1. The normalized spacial score (nSPS) is 11.0. The van der Waals surface area contributed by atoms with Gasteiger partial charge in [0.15, 0.2) is 10.9 Å². The third-order valence-corrected chi connectivity index (χ3v) is 5.72. The van der Waals surface area contributed by atoms with Gasteiger partial charge in [-0.2, -0.15) is 0 Å². The molecule has 3 rings (SSSR count). The Morgan fingerprint density at radius 2 is 1.58 bits per heavy atom. The second-order valence-electron chi connectivity index (χ2n) is 6.55. The molecule has 0 radical (unpaired) electrons. The van der Waals surface area contributed by atoms with Crippen LogP contribution in [0, 0.1) is 34.6 Å². The lowest BCUT2D eigenvalue weighted by molar-refractivity contribution is 0.102. The standard InChI is InChI=1S/C21H23N3OS/c1-13-11-14(2)16(4)20(15(13)3)19(25)12-26-21-23-22-17(5)24(21)18-9-7-6-8-10-18/h6-11H,12H2,1-5H3. The summed E-state index contributed by atoms with van der Waals surface area (Å²) in [5.74, 6) is 1.29. The first-order valence-electron chi connectivity index (χ1n) is 8.61. The molecule has 0 unspecified atom stereocenters. The van der Waals surface area contributed by atoms with Crippen molar-refractivity contribution in [3.8, 4) is 5.69 Å². The minimum Gasteiger partial charge on any atom is -0.293 e. The largest absolute Gasteiger partial charge is 0.293 e. The highest BCUT2D eigenvalue weighted by molar-refractivity contribution is 7.99. The lowest BCUT2D eigenvalue weighted by Gasteiger charge is -2.14. The number of Topliss-reactive ketones (excluding diaryl/α,β-unsaturated/α-hetero) is 1. The molecule has 0 bridgehead atoms. The van der Waals surface area contributed by atoms with Crippen LogP contribution in [0.3, 0.4) is 0 Å². The maximum Gasteiger partial charge on any atom is 0.196 e. The molecular weight excluding hydrogens is 342 g/mol. The van der Waals surface area contributed by atoms with Crippen molar-refractivity contribution in [2.45, 2.75) is 39.8 Å². The van der Waals surface area contributed by atoms with E-state index in [0.29, 0.717) is 5.75 Å². The Balaban J connectivity index is 1.87. The lowest BCUT2D eigenvalue weighted by atomic mass is 9.92. The maximum atomic E-state index is 12.9. The highest BCUT2D eigenvalue weighted by atomic mass is 32.2. The molecule has 4 nitrogen and oxygen atoms in total. The molecule has 3 aromatic rings. The first-order chi connectivity index (χ1) is 12.4. The number of rotatable bonds is 5. The Labute approximate surface area is 158 Å². The number of aromatic nitrogens is 3. The highest BCUT2D eigenvalue weighted by Crippen LogP contribution is 2.26. The minimum absolute atomic E-state index is 0.136. The quantitative estimate of drug-likeness (QED) is 0.482. The molecular formula is C21H23N3OS. The molecule has 134 valence electrons. The van der Waals surface area contributed by atoms with Crippen molar-refractivity contribution in [2.75, 3.05) is 5.75 Å². The number of benzene rings is 2. The van der Waals surface area contributed by atoms with E-state index in [0.717, 1.165) is 44.5 Å². The number of ketones is 1. The number of aryl methyl sites for hydroxylation is 3. The summed E-state index contributed by atoms with van der Waals surface area (Å²) < 4.78 is 1.99. The van der Waals surface area contributed by atoms with Gasteiger partial charge in [-0.25, -0.2) is 0 Å². The third-order valence-electron chi connectivity index (χ3n) is 4.79. The summed E-state index contributed by atoms with van der Waals surface area (Å²) in [6.07, 6.45) is 0. The van der Waals surface area contributed by atoms with Gasteiger partial charge in [0.05, 0.1) is 5.75 Å². The minimum atomic E-state index is 0.136. The molecule has 0 saturated heterocycles. The molecule has 0 N–H and O–H groups in total. The van der Waals surface area contributed by atoms with E-state index < -0.39 is 0 Å². The first kappa shape index (κ1) is 18.4. The number of para-hydroxylation sites is 1. The van der Waals surface area contributed by atoms with E-state index in [-0.39, 0.29) is 5.78 Å². The number of carbonyl (C=O) groups is 1. The van der Waals surface area contributed by atoms with Crippen molar-refractivity contribution in [1.29, 1.82) is 0 Å². The van der Waals surface area contributed by atoms with Gasteiger partial charge < -0.3 is 0 Å². The second kappa shape index (κ2) is 7.46. The number of hydrogen-bond donors (Lipinski definition) is 0. The molecule has 0 amide bonds. The Kier molecular flexibility index (Phi) is 5.28. The van der Waals surface area contributed by atoms with E-state index >= 15 is 0 Å². The molecule has 0 atom stereocenters. The zero-order chi connectivity index (χ0) is 18.8. The van der Waals surface area contributed by atoms with Crippen molar-refractivity contribution in [3.63, 3.8) is 0 Å². The van der Waals surface area contributed by atoms with Crippen LogP contribution < -0.4 is 0 Å². The van der Waals surface area contributed by atoms with Crippen molar-refractivity contribution in [2.24, 2.45) is 0 Å². The summed E-state index contributed by atoms with van der Waals surface area (Å²) in [5.41, 5.74) is 6.30. The maximum absolute atomic E-state index is 12.9. The number of carbonyl (C=O) groups excluding carboxylic acids is 1. The Hall–Kier alpha value is -2.40. The van der Waals surface area contributed by atoms with E-state index in [4.69, 9.17) is 0 Å². The van der Waals surface area contributed by atoms with Crippen LogP contribution in [0.5, 0.6) is 0 Å². The van der Waals surface area contributed by atoms with Gasteiger partial charge in [-0.3, -0.25) is 9.36 Å². The Morgan fingerprint density at radius 1 is 0.962 bits per heavy atom. The van der Waals surface area contributed by atoms with Crippen molar-refractivity contribution in [1.82, 2.24) is 14.8 Å². The molecule has 0 aliphatic carbocycles. The van der Waals surface area contributed by atoms with E-state index in [2.05, 4.69) is 30.1 Å². The average Bonchev–Trinajstić information content (AvgIpc) is 3.00. The van der Waals surface area contributed by atoms with Crippen LogP contribution in [0.2, 0.25) is 0 Å². The summed E-state index contributed by atoms with van der Waals surface area (Å²) in [4.78, 5) is 12.9. The van der Waals surface area contributed by atoms with Gasteiger partial charge in [0.2, 0.25) is 0 Å². The van der Waals surface area contributed by atoms with Crippen LogP contribution in [0.25, 0.3) is 5.69 Å². The average molecular weight is 366 g/mol. The fraction of sp³-hybridized carbons (Fsp3) is 0.286. The zero-order valence-electron chi connectivity index (χ0n) is 15.8. The second-order valence-corrected chi connectivity index (χ2v) is 7.49. The fourth-order valence-corrected chi connectivity index (χ4v) is 4.02. The van der Waals surface area contributed by atoms with Gasteiger partial charge in [0.1, 0.15) is 5.82 Å². The van der Waals surface area contributed by atoms with E-state index in [9.17, 15) is 4.79 Å². The SMILES string of the molecule is Cc1cc(C)c(C)c(C(=O)CSc2nnc(C)n2-c2ccccc2)c1C. The first-order valence-corrected chi connectivity index (χ1v) is 9.59. The van der Waals surface area contributed by atoms with Crippen molar-refractivity contribution >= 4 is 17.5 Å². The van der Waals surface area contributed by atoms with Crippen LogP contribution >= 0.6 is 11.8 Å². The van der Waals surface area contributed by atoms with Gasteiger partial charge in [-0.1, -0.05) is 36.0 Å². The predicted octanol–water partition coefficient (Wildman–Crippen LogP) is 4.78. The molecule has 0 aliphatic rings. The number of nitrogens with zero attached hydrogens (tertiary/aromatic N) is 3. The molecule has 0 fully saturated rings. The monoisotopic (exact) mass is 365 g/mol.